The van der Waals surface area contributed by atoms with Gasteiger partial charge in [0.1, 0.15) is 5.75 Å². The van der Waals surface area contributed by atoms with Crippen LogP contribution in [-0.4, -0.2) is 10.1 Å². The number of aliphatic hydroxyl groups excluding tert-OH is 1. The molecule has 0 saturated heterocycles. The Kier molecular flexibility index (Phi) is 3.34. The lowest BCUT2D eigenvalue weighted by atomic mass is 10.2. The highest BCUT2D eigenvalue weighted by Crippen LogP contribution is 2.20. The number of pyridine rings is 1. The van der Waals surface area contributed by atoms with Crippen molar-refractivity contribution in [1.29, 1.82) is 5.26 Å². The van der Waals surface area contributed by atoms with Crippen LogP contribution in [0.25, 0.3) is 0 Å². The maximum atomic E-state index is 8.90. The average Bonchev–Trinajstić information content (AvgIpc) is 2.40. The van der Waals surface area contributed by atoms with E-state index in [9.17, 15) is 0 Å². The molecule has 0 aliphatic heterocycles. The Morgan fingerprint density at radius 2 is 2.00 bits per heavy atom. The van der Waals surface area contributed by atoms with Crippen molar-refractivity contribution in [2.45, 2.75) is 6.61 Å². The van der Waals surface area contributed by atoms with Gasteiger partial charge in [-0.2, -0.15) is 5.26 Å². The van der Waals surface area contributed by atoms with E-state index in [0.717, 1.165) is 5.56 Å². The molecule has 0 amide bonds. The van der Waals surface area contributed by atoms with Crippen LogP contribution in [0.3, 0.4) is 0 Å². The predicted octanol–water partition coefficient (Wildman–Crippen LogP) is 2.24. The quantitative estimate of drug-likeness (QED) is 0.871. The molecule has 2 rings (SSSR count). The van der Waals surface area contributed by atoms with Crippen molar-refractivity contribution in [2.75, 3.05) is 0 Å². The number of hydrogen-bond donors (Lipinski definition) is 1. The average molecular weight is 226 g/mol. The van der Waals surface area contributed by atoms with Crippen molar-refractivity contribution in [3.8, 4) is 17.7 Å². The summed E-state index contributed by atoms with van der Waals surface area (Å²) in [5, 5.41) is 17.6. The van der Waals surface area contributed by atoms with E-state index in [-0.39, 0.29) is 6.61 Å². The Morgan fingerprint density at radius 3 is 2.65 bits per heavy atom. The normalized spacial score (nSPS) is 9.65. The summed E-state index contributed by atoms with van der Waals surface area (Å²) < 4.78 is 5.48. The minimum absolute atomic E-state index is 0.00243. The van der Waals surface area contributed by atoms with Crippen molar-refractivity contribution < 1.29 is 9.84 Å². The van der Waals surface area contributed by atoms with E-state index in [1.165, 1.54) is 6.20 Å². The highest BCUT2D eigenvalue weighted by molar-refractivity contribution is 5.35. The zero-order valence-electron chi connectivity index (χ0n) is 9.00. The standard InChI is InChI=1S/C13H10N2O2/c14-8-11-5-6-15-13(7-11)17-12-3-1-10(9-16)2-4-12/h1-7,16H,9H2. The van der Waals surface area contributed by atoms with Gasteiger partial charge in [-0.3, -0.25) is 0 Å². The summed E-state index contributed by atoms with van der Waals surface area (Å²) >= 11 is 0. The molecule has 0 bridgehead atoms. The second-order valence-corrected chi connectivity index (χ2v) is 3.40. The number of hydrogen-bond acceptors (Lipinski definition) is 4. The van der Waals surface area contributed by atoms with Crippen LogP contribution in [0.5, 0.6) is 11.6 Å². The molecular formula is C13H10N2O2. The smallest absolute Gasteiger partial charge is 0.220 e. The van der Waals surface area contributed by atoms with E-state index in [4.69, 9.17) is 15.1 Å². The molecule has 0 unspecified atom stereocenters. The van der Waals surface area contributed by atoms with Gasteiger partial charge in [0.2, 0.25) is 5.88 Å². The molecule has 1 heterocycles. The molecule has 2 aromatic rings. The fraction of sp³-hybridized carbons (Fsp3) is 0.0769. The van der Waals surface area contributed by atoms with Crippen LogP contribution >= 0.6 is 0 Å². The Balaban J connectivity index is 2.16. The molecule has 1 N–H and O–H groups in total. The van der Waals surface area contributed by atoms with E-state index in [2.05, 4.69) is 4.98 Å². The fourth-order valence-electron chi connectivity index (χ4n) is 1.32. The maximum Gasteiger partial charge on any atom is 0.220 e. The van der Waals surface area contributed by atoms with Crippen molar-refractivity contribution >= 4 is 0 Å². The van der Waals surface area contributed by atoms with Crippen molar-refractivity contribution in [2.24, 2.45) is 0 Å². The number of aliphatic hydroxyl groups is 1. The fourth-order valence-corrected chi connectivity index (χ4v) is 1.32. The van der Waals surface area contributed by atoms with Crippen molar-refractivity contribution in [3.63, 3.8) is 0 Å². The van der Waals surface area contributed by atoms with Crippen molar-refractivity contribution in [1.82, 2.24) is 4.98 Å². The topological polar surface area (TPSA) is 66.1 Å². The third-order valence-electron chi connectivity index (χ3n) is 2.19. The van der Waals surface area contributed by atoms with Gasteiger partial charge in [0, 0.05) is 12.3 Å². The lowest BCUT2D eigenvalue weighted by Gasteiger charge is -2.05. The number of nitrogens with zero attached hydrogens (tertiary/aromatic N) is 2. The number of nitriles is 1. The van der Waals surface area contributed by atoms with E-state index in [0.29, 0.717) is 17.2 Å². The minimum Gasteiger partial charge on any atom is -0.439 e. The first-order valence-corrected chi connectivity index (χ1v) is 5.05. The van der Waals surface area contributed by atoms with Gasteiger partial charge in [0.05, 0.1) is 18.2 Å². The van der Waals surface area contributed by atoms with E-state index < -0.39 is 0 Å². The first-order chi connectivity index (χ1) is 8.31. The summed E-state index contributed by atoms with van der Waals surface area (Å²) in [5.41, 5.74) is 1.32. The first kappa shape index (κ1) is 11.1. The van der Waals surface area contributed by atoms with E-state index >= 15 is 0 Å². The summed E-state index contributed by atoms with van der Waals surface area (Å²) in [6.07, 6.45) is 1.52. The molecule has 1 aromatic carbocycles. The Labute approximate surface area is 98.7 Å². The van der Waals surface area contributed by atoms with Gasteiger partial charge in [0.15, 0.2) is 0 Å². The number of aromatic nitrogens is 1. The van der Waals surface area contributed by atoms with Gasteiger partial charge in [-0.1, -0.05) is 12.1 Å². The minimum atomic E-state index is 0.00243. The zero-order chi connectivity index (χ0) is 12.1. The van der Waals surface area contributed by atoms with Crippen LogP contribution in [0, 0.1) is 11.3 Å². The largest absolute Gasteiger partial charge is 0.439 e. The molecule has 0 atom stereocenters. The van der Waals surface area contributed by atoms with Crippen LogP contribution in [0.2, 0.25) is 0 Å². The van der Waals surface area contributed by atoms with E-state index in [1.807, 2.05) is 6.07 Å². The summed E-state index contributed by atoms with van der Waals surface area (Å²) in [6.45, 7) is 0.00243. The SMILES string of the molecule is N#Cc1ccnc(Oc2ccc(CO)cc2)c1. The highest BCUT2D eigenvalue weighted by Gasteiger charge is 2.00. The molecule has 0 spiro atoms. The Hall–Kier alpha value is -2.38. The van der Waals surface area contributed by atoms with E-state index in [1.54, 1.807) is 36.4 Å². The summed E-state index contributed by atoms with van der Waals surface area (Å²) in [4.78, 5) is 4.00. The summed E-state index contributed by atoms with van der Waals surface area (Å²) in [5.74, 6) is 0.991. The molecule has 17 heavy (non-hydrogen) atoms. The number of ether oxygens (including phenoxy) is 1. The van der Waals surface area contributed by atoms with Crippen LogP contribution < -0.4 is 4.74 Å². The van der Waals surface area contributed by atoms with Crippen LogP contribution in [0.4, 0.5) is 0 Å². The monoisotopic (exact) mass is 226 g/mol. The molecule has 1 aromatic heterocycles. The van der Waals surface area contributed by atoms with Crippen LogP contribution in [-0.2, 0) is 6.61 Å². The lowest BCUT2D eigenvalue weighted by molar-refractivity contribution is 0.281. The Bertz CT molecular complexity index is 544. The van der Waals surface area contributed by atoms with Crippen molar-refractivity contribution in [3.05, 3.63) is 53.7 Å². The van der Waals surface area contributed by atoms with Gasteiger partial charge in [0.25, 0.3) is 0 Å². The van der Waals surface area contributed by atoms with Gasteiger partial charge < -0.3 is 9.84 Å². The van der Waals surface area contributed by atoms with Gasteiger partial charge in [-0.05, 0) is 23.8 Å². The van der Waals surface area contributed by atoms with Gasteiger partial charge in [-0.15, -0.1) is 0 Å². The highest BCUT2D eigenvalue weighted by atomic mass is 16.5. The zero-order valence-corrected chi connectivity index (χ0v) is 9.00. The first-order valence-electron chi connectivity index (χ1n) is 5.05. The molecule has 4 heteroatoms. The molecular weight excluding hydrogens is 216 g/mol. The lowest BCUT2D eigenvalue weighted by Crippen LogP contribution is -1.89. The number of benzene rings is 1. The van der Waals surface area contributed by atoms with Crippen LogP contribution in [0.1, 0.15) is 11.1 Å². The Morgan fingerprint density at radius 1 is 1.24 bits per heavy atom. The molecule has 4 nitrogen and oxygen atoms in total. The maximum absolute atomic E-state index is 8.90. The second-order valence-electron chi connectivity index (χ2n) is 3.40. The molecule has 84 valence electrons. The third-order valence-corrected chi connectivity index (χ3v) is 2.19. The third kappa shape index (κ3) is 2.80. The summed E-state index contributed by atoms with van der Waals surface area (Å²) in [7, 11) is 0. The second kappa shape index (κ2) is 5.10. The van der Waals surface area contributed by atoms with Gasteiger partial charge in [-0.25, -0.2) is 4.98 Å². The predicted molar refractivity (Wildman–Crippen MR) is 61.4 cm³/mol. The van der Waals surface area contributed by atoms with Crippen LogP contribution in [0.15, 0.2) is 42.6 Å². The molecule has 0 fully saturated rings. The molecule has 0 aliphatic rings. The number of rotatable bonds is 3. The molecule has 0 aliphatic carbocycles. The molecule has 0 radical (unpaired) electrons. The van der Waals surface area contributed by atoms with Gasteiger partial charge >= 0.3 is 0 Å². The summed E-state index contributed by atoms with van der Waals surface area (Å²) in [6, 6.07) is 12.2. The molecule has 0 saturated carbocycles.